The quantitative estimate of drug-likeness (QED) is 0.245. The van der Waals surface area contributed by atoms with Crippen LogP contribution in [0.3, 0.4) is 0 Å². The minimum Gasteiger partial charge on any atom is -0.491 e. The van der Waals surface area contributed by atoms with Gasteiger partial charge in [-0.05, 0) is 37.5 Å². The Kier molecular flexibility index (Phi) is 8.43. The van der Waals surface area contributed by atoms with Crippen molar-refractivity contribution in [3.05, 3.63) is 76.3 Å². The number of benzene rings is 2. The molecular formula is C30H27N5O2S2. The first-order valence-electron chi connectivity index (χ1n) is 12.7. The zero-order valence-electron chi connectivity index (χ0n) is 21.6. The van der Waals surface area contributed by atoms with Gasteiger partial charge in [-0.2, -0.15) is 10.5 Å². The van der Waals surface area contributed by atoms with Crippen LogP contribution in [0, 0.1) is 29.6 Å². The van der Waals surface area contributed by atoms with E-state index in [4.69, 9.17) is 19.8 Å². The van der Waals surface area contributed by atoms with Crippen molar-refractivity contribution in [3.8, 4) is 39.6 Å². The van der Waals surface area contributed by atoms with E-state index in [9.17, 15) is 10.5 Å². The minimum atomic E-state index is -0.0749. The number of hydrogen-bond donors (Lipinski definition) is 1. The lowest BCUT2D eigenvalue weighted by Gasteiger charge is -2.22. The van der Waals surface area contributed by atoms with Gasteiger partial charge in [0.05, 0.1) is 17.9 Å². The highest BCUT2D eigenvalue weighted by molar-refractivity contribution is 7.98. The van der Waals surface area contributed by atoms with Crippen molar-refractivity contribution in [2.75, 3.05) is 31.2 Å². The SMILES string of the molecule is Cc1ccc(-c2nc(CSc3nc(N4CCCC4)c(C#N)c(-c4ccc(OCCO)cc4)c3C#N)cs2)cc1. The third kappa shape index (κ3) is 5.91. The zero-order valence-corrected chi connectivity index (χ0v) is 23.2. The van der Waals surface area contributed by atoms with Crippen molar-refractivity contribution >= 4 is 28.9 Å². The number of aliphatic hydroxyl groups excluding tert-OH is 1. The summed E-state index contributed by atoms with van der Waals surface area (Å²) in [5.41, 5.74) is 5.35. The number of thioether (sulfide) groups is 1. The smallest absolute Gasteiger partial charge is 0.148 e. The van der Waals surface area contributed by atoms with Crippen molar-refractivity contribution in [1.82, 2.24) is 9.97 Å². The first-order chi connectivity index (χ1) is 19.1. The van der Waals surface area contributed by atoms with Gasteiger partial charge in [0.2, 0.25) is 0 Å². The second-order valence-corrected chi connectivity index (χ2v) is 11.0. The average Bonchev–Trinajstić information content (AvgIpc) is 3.68. The summed E-state index contributed by atoms with van der Waals surface area (Å²) in [7, 11) is 0. The van der Waals surface area contributed by atoms with E-state index in [0.29, 0.717) is 39.0 Å². The van der Waals surface area contributed by atoms with Crippen LogP contribution in [0.4, 0.5) is 5.82 Å². The Bertz CT molecular complexity index is 1530. The molecule has 0 atom stereocenters. The first kappa shape index (κ1) is 26.7. The van der Waals surface area contributed by atoms with Gasteiger partial charge in [-0.1, -0.05) is 53.7 Å². The topological polar surface area (TPSA) is 106 Å². The van der Waals surface area contributed by atoms with E-state index >= 15 is 0 Å². The van der Waals surface area contributed by atoms with E-state index < -0.39 is 0 Å². The van der Waals surface area contributed by atoms with Crippen LogP contribution in [0.5, 0.6) is 5.75 Å². The highest BCUT2D eigenvalue weighted by Gasteiger charge is 2.26. The second-order valence-electron chi connectivity index (χ2n) is 9.18. The zero-order chi connectivity index (χ0) is 27.2. The lowest BCUT2D eigenvalue weighted by Crippen LogP contribution is -2.21. The third-order valence-corrected chi connectivity index (χ3v) is 8.43. The van der Waals surface area contributed by atoms with E-state index in [-0.39, 0.29) is 13.2 Å². The molecule has 0 amide bonds. The summed E-state index contributed by atoms with van der Waals surface area (Å²) >= 11 is 3.07. The predicted octanol–water partition coefficient (Wildman–Crippen LogP) is 6.19. The fourth-order valence-electron chi connectivity index (χ4n) is 4.54. The van der Waals surface area contributed by atoms with E-state index in [1.807, 2.05) is 17.5 Å². The van der Waals surface area contributed by atoms with Crippen LogP contribution >= 0.6 is 23.1 Å². The van der Waals surface area contributed by atoms with Crippen LogP contribution in [0.1, 0.15) is 35.2 Å². The molecule has 2 aromatic heterocycles. The highest BCUT2D eigenvalue weighted by Crippen LogP contribution is 2.40. The number of aliphatic hydroxyl groups is 1. The van der Waals surface area contributed by atoms with Gasteiger partial charge in [0, 0.05) is 35.3 Å². The molecule has 39 heavy (non-hydrogen) atoms. The van der Waals surface area contributed by atoms with Crippen LogP contribution < -0.4 is 9.64 Å². The van der Waals surface area contributed by atoms with E-state index in [2.05, 4.69) is 48.2 Å². The monoisotopic (exact) mass is 553 g/mol. The molecule has 2 aromatic carbocycles. The molecule has 1 fully saturated rings. The van der Waals surface area contributed by atoms with Crippen LogP contribution in [-0.4, -0.2) is 41.4 Å². The van der Waals surface area contributed by atoms with E-state index in [1.165, 1.54) is 17.3 Å². The molecule has 5 rings (SSSR count). The number of ether oxygens (including phenoxy) is 1. The number of aryl methyl sites for hydroxylation is 1. The fourth-order valence-corrected chi connectivity index (χ4v) is 6.34. The van der Waals surface area contributed by atoms with Crippen molar-refractivity contribution in [3.63, 3.8) is 0 Å². The molecule has 0 radical (unpaired) electrons. The summed E-state index contributed by atoms with van der Waals surface area (Å²) in [5.74, 6) is 1.80. The summed E-state index contributed by atoms with van der Waals surface area (Å²) in [5, 5.41) is 33.2. The molecule has 1 N–H and O–H groups in total. The Labute approximate surface area is 236 Å². The normalized spacial score (nSPS) is 12.8. The summed E-state index contributed by atoms with van der Waals surface area (Å²) in [4.78, 5) is 11.9. The minimum absolute atomic E-state index is 0.0749. The molecule has 7 nitrogen and oxygen atoms in total. The van der Waals surface area contributed by atoms with Crippen molar-refractivity contribution < 1.29 is 9.84 Å². The molecule has 1 aliphatic rings. The summed E-state index contributed by atoms with van der Waals surface area (Å²) in [6, 6.07) is 20.3. The van der Waals surface area contributed by atoms with Crippen LogP contribution in [0.15, 0.2) is 58.9 Å². The number of aromatic nitrogens is 2. The average molecular weight is 554 g/mol. The molecule has 0 unspecified atom stereocenters. The van der Waals surface area contributed by atoms with Crippen molar-refractivity contribution in [2.45, 2.75) is 30.5 Å². The molecule has 3 heterocycles. The third-order valence-electron chi connectivity index (χ3n) is 6.48. The number of thiazole rings is 1. The maximum absolute atomic E-state index is 10.3. The summed E-state index contributed by atoms with van der Waals surface area (Å²) in [6.45, 7) is 3.85. The Balaban J connectivity index is 1.51. The molecule has 1 aliphatic heterocycles. The van der Waals surface area contributed by atoms with Gasteiger partial charge >= 0.3 is 0 Å². The summed E-state index contributed by atoms with van der Waals surface area (Å²) in [6.07, 6.45) is 2.09. The maximum atomic E-state index is 10.3. The number of rotatable bonds is 9. The Morgan fingerprint density at radius 3 is 2.33 bits per heavy atom. The molecule has 0 bridgehead atoms. The lowest BCUT2D eigenvalue weighted by molar-refractivity contribution is 0.201. The van der Waals surface area contributed by atoms with Crippen LogP contribution in [0.2, 0.25) is 0 Å². The highest BCUT2D eigenvalue weighted by atomic mass is 32.2. The number of pyridine rings is 1. The van der Waals surface area contributed by atoms with Crippen LogP contribution in [-0.2, 0) is 5.75 Å². The van der Waals surface area contributed by atoms with Gasteiger partial charge in [-0.25, -0.2) is 9.97 Å². The standard InChI is InChI=1S/C30H27N5O2S2/c1-20-4-6-22(7-5-20)29-33-23(18-38-29)19-39-30-26(17-32)27(21-8-10-24(11-9-21)37-15-14-36)25(16-31)28(34-30)35-12-2-3-13-35/h4-11,18,36H,2-3,12-15,19H2,1H3. The largest absolute Gasteiger partial charge is 0.491 e. The predicted molar refractivity (Wildman–Crippen MR) is 155 cm³/mol. The molecular weight excluding hydrogens is 526 g/mol. The fraction of sp³-hybridized carbons (Fsp3) is 0.267. The second kappa shape index (κ2) is 12.3. The van der Waals surface area contributed by atoms with Gasteiger partial charge in [-0.15, -0.1) is 11.3 Å². The maximum Gasteiger partial charge on any atom is 0.148 e. The number of nitrogens with zero attached hydrogens (tertiary/aromatic N) is 5. The van der Waals surface area contributed by atoms with Crippen LogP contribution in [0.25, 0.3) is 21.7 Å². The molecule has 4 aromatic rings. The number of nitriles is 2. The Morgan fingerprint density at radius 1 is 0.974 bits per heavy atom. The Hall–Kier alpha value is -3.89. The Morgan fingerprint density at radius 2 is 1.67 bits per heavy atom. The molecule has 9 heteroatoms. The van der Waals surface area contributed by atoms with E-state index in [0.717, 1.165) is 47.8 Å². The van der Waals surface area contributed by atoms with Crippen molar-refractivity contribution in [1.29, 1.82) is 10.5 Å². The van der Waals surface area contributed by atoms with Gasteiger partial charge < -0.3 is 14.7 Å². The van der Waals surface area contributed by atoms with Gasteiger partial charge in [-0.3, -0.25) is 0 Å². The molecule has 0 saturated carbocycles. The lowest BCUT2D eigenvalue weighted by atomic mass is 9.96. The molecule has 1 saturated heterocycles. The van der Waals surface area contributed by atoms with Gasteiger partial charge in [0.15, 0.2) is 0 Å². The number of anilines is 1. The van der Waals surface area contributed by atoms with E-state index in [1.54, 1.807) is 23.5 Å². The molecule has 196 valence electrons. The molecule has 0 aliphatic carbocycles. The number of hydrogen-bond acceptors (Lipinski definition) is 9. The first-order valence-corrected chi connectivity index (χ1v) is 14.6. The van der Waals surface area contributed by atoms with Gasteiger partial charge in [0.1, 0.15) is 45.9 Å². The molecule has 0 spiro atoms. The van der Waals surface area contributed by atoms with Crippen molar-refractivity contribution in [2.24, 2.45) is 0 Å². The summed E-state index contributed by atoms with van der Waals surface area (Å²) < 4.78 is 5.50. The van der Waals surface area contributed by atoms with Gasteiger partial charge in [0.25, 0.3) is 0 Å².